The third-order valence-electron chi connectivity index (χ3n) is 16.5. The number of benzene rings is 1. The minimum absolute atomic E-state index is 0.00672. The first-order valence-electron chi connectivity index (χ1n) is 19.7. The first kappa shape index (κ1) is 36.7. The molecule has 1 aromatic rings. The number of carbonyl (C=O) groups excluding carboxylic acids is 1. The van der Waals surface area contributed by atoms with Crippen molar-refractivity contribution in [3.63, 3.8) is 0 Å². The Labute approximate surface area is 307 Å². The molecular formula is C44H61NO5S. The van der Waals surface area contributed by atoms with Crippen LogP contribution in [0.25, 0.3) is 5.57 Å². The van der Waals surface area contributed by atoms with Crippen molar-refractivity contribution in [2.75, 3.05) is 24.6 Å². The Balaban J connectivity index is 1.19. The Hall–Kier alpha value is -2.67. The van der Waals surface area contributed by atoms with Crippen LogP contribution in [0.1, 0.15) is 122 Å². The van der Waals surface area contributed by atoms with Gasteiger partial charge < -0.3 is 10.0 Å². The molecule has 1 aromatic carbocycles. The first-order chi connectivity index (χ1) is 23.9. The molecule has 1 saturated heterocycles. The molecule has 1 N–H and O–H groups in total. The number of fused-ring (bicyclic) bond motifs is 7. The third kappa shape index (κ3) is 5.73. The Morgan fingerprint density at radius 2 is 1.59 bits per heavy atom. The van der Waals surface area contributed by atoms with Crippen molar-refractivity contribution in [3.8, 4) is 0 Å². The molecule has 2 unspecified atom stereocenters. The summed E-state index contributed by atoms with van der Waals surface area (Å²) >= 11 is 0. The molecule has 0 radical (unpaired) electrons. The summed E-state index contributed by atoms with van der Waals surface area (Å²) in [6.07, 6.45) is 18.3. The van der Waals surface area contributed by atoms with E-state index in [1.807, 2.05) is 18.2 Å². The molecule has 0 aromatic heterocycles. The lowest BCUT2D eigenvalue weighted by atomic mass is 9.32. The number of allylic oxidation sites excluding steroid dienone is 4. The fourth-order valence-electron chi connectivity index (χ4n) is 13.9. The highest BCUT2D eigenvalue weighted by Gasteiger charge is 2.70. The zero-order valence-electron chi connectivity index (χ0n) is 32.0. The van der Waals surface area contributed by atoms with Gasteiger partial charge in [0.1, 0.15) is 0 Å². The van der Waals surface area contributed by atoms with Crippen LogP contribution in [0.3, 0.4) is 0 Å². The number of carboxylic acids is 1. The van der Waals surface area contributed by atoms with Gasteiger partial charge >= 0.3 is 5.97 Å². The fourth-order valence-corrected chi connectivity index (χ4v) is 15.1. The van der Waals surface area contributed by atoms with Gasteiger partial charge in [-0.2, -0.15) is 0 Å². The van der Waals surface area contributed by atoms with Gasteiger partial charge in [0.05, 0.1) is 17.1 Å². The standard InChI is InChI=1S/C44H61NO5S/c1-29(2)28-32-14-20-44(21-17-37(46)45-24-26-51(49,50)27-25-45)23-22-42(6)34(38(32)44)12-13-36-41(5)18-15-33(30-8-10-31(11-9-30)39(47)48)40(3,4)35(41)16-19-43(36,42)7/h8-11,15,17,21,32,34-36,38H,1,12-14,16,18-20,22-28H2,2-7H3,(H,47,48)/b21-17+/t32-,34+,35?,36?,38+,41-,42+,43+,44-/m0/s1. The highest BCUT2D eigenvalue weighted by atomic mass is 32.2. The van der Waals surface area contributed by atoms with Crippen LogP contribution in [0.5, 0.6) is 0 Å². The number of rotatable bonds is 6. The minimum Gasteiger partial charge on any atom is -0.478 e. The molecule has 278 valence electrons. The van der Waals surface area contributed by atoms with Gasteiger partial charge in [-0.3, -0.25) is 4.79 Å². The van der Waals surface area contributed by atoms with E-state index < -0.39 is 15.8 Å². The molecule has 0 spiro atoms. The van der Waals surface area contributed by atoms with Crippen molar-refractivity contribution in [1.82, 2.24) is 4.90 Å². The molecule has 51 heavy (non-hydrogen) atoms. The molecule has 6 aliphatic rings. The van der Waals surface area contributed by atoms with Gasteiger partial charge in [-0.1, -0.05) is 64.5 Å². The Morgan fingerprint density at radius 3 is 2.24 bits per heavy atom. The van der Waals surface area contributed by atoms with E-state index in [0.29, 0.717) is 48.2 Å². The number of hydrogen-bond acceptors (Lipinski definition) is 4. The Morgan fingerprint density at radius 1 is 0.902 bits per heavy atom. The van der Waals surface area contributed by atoms with E-state index in [1.54, 1.807) is 17.0 Å². The van der Waals surface area contributed by atoms with Crippen LogP contribution in [-0.4, -0.2) is 54.9 Å². The van der Waals surface area contributed by atoms with Crippen molar-refractivity contribution < 1.29 is 23.1 Å². The van der Waals surface area contributed by atoms with Crippen molar-refractivity contribution in [3.05, 3.63) is 65.8 Å². The molecule has 5 fully saturated rings. The van der Waals surface area contributed by atoms with Crippen LogP contribution >= 0.6 is 0 Å². The lowest BCUT2D eigenvalue weighted by Crippen LogP contribution is -2.65. The van der Waals surface area contributed by atoms with Gasteiger partial charge in [0.2, 0.25) is 5.91 Å². The first-order valence-corrected chi connectivity index (χ1v) is 21.6. The second kappa shape index (κ2) is 12.5. The predicted octanol–water partition coefficient (Wildman–Crippen LogP) is 9.24. The summed E-state index contributed by atoms with van der Waals surface area (Å²) < 4.78 is 24.1. The van der Waals surface area contributed by atoms with Crippen molar-refractivity contribution >= 4 is 27.3 Å². The smallest absolute Gasteiger partial charge is 0.335 e. The van der Waals surface area contributed by atoms with E-state index >= 15 is 0 Å². The minimum atomic E-state index is -3.04. The molecule has 0 bridgehead atoms. The number of hydrogen-bond donors (Lipinski definition) is 1. The van der Waals surface area contributed by atoms with Crippen LogP contribution in [0, 0.1) is 56.7 Å². The largest absolute Gasteiger partial charge is 0.478 e. The SMILES string of the molecule is C=C(C)C[C@@H]1CC[C@]2(/C=C/C(=O)N3CCS(=O)(=O)CC3)CC[C@]3(C)[C@H](CCC4[C@@]5(C)CC=C(c6ccc(C(=O)O)cc6)C(C)(C)C5CC[C@]43C)[C@@H]12. The van der Waals surface area contributed by atoms with Crippen LogP contribution in [0.4, 0.5) is 0 Å². The lowest BCUT2D eigenvalue weighted by Gasteiger charge is -2.72. The van der Waals surface area contributed by atoms with Crippen molar-refractivity contribution in [1.29, 1.82) is 0 Å². The van der Waals surface area contributed by atoms with Gasteiger partial charge in [0.25, 0.3) is 0 Å². The van der Waals surface area contributed by atoms with E-state index in [1.165, 1.54) is 49.7 Å². The van der Waals surface area contributed by atoms with Crippen LogP contribution in [0.2, 0.25) is 0 Å². The number of carbonyl (C=O) groups is 2. The third-order valence-corrected chi connectivity index (χ3v) is 18.1. The Bertz CT molecular complexity index is 1760. The number of aromatic carboxylic acids is 1. The molecule has 1 aliphatic heterocycles. The molecule has 1 heterocycles. The number of sulfone groups is 1. The van der Waals surface area contributed by atoms with Gasteiger partial charge in [-0.05, 0) is 157 Å². The molecule has 4 saturated carbocycles. The van der Waals surface area contributed by atoms with Crippen molar-refractivity contribution in [2.24, 2.45) is 56.7 Å². The maximum absolute atomic E-state index is 13.5. The maximum atomic E-state index is 13.5. The lowest BCUT2D eigenvalue weighted by molar-refractivity contribution is -0.222. The second-order valence-corrected chi connectivity index (χ2v) is 21.4. The molecule has 9 atom stereocenters. The molecule has 6 nitrogen and oxygen atoms in total. The average molecular weight is 716 g/mol. The average Bonchev–Trinajstić information content (AvgIpc) is 3.41. The predicted molar refractivity (Wildman–Crippen MR) is 205 cm³/mol. The van der Waals surface area contributed by atoms with E-state index in [0.717, 1.165) is 31.2 Å². The molecule has 1 amide bonds. The number of carboxylic acid groups (broad SMARTS) is 1. The maximum Gasteiger partial charge on any atom is 0.335 e. The number of nitrogens with zero attached hydrogens (tertiary/aromatic N) is 1. The zero-order chi connectivity index (χ0) is 36.8. The van der Waals surface area contributed by atoms with Gasteiger partial charge in [0.15, 0.2) is 9.84 Å². The molecule has 5 aliphatic carbocycles. The van der Waals surface area contributed by atoms with E-state index in [9.17, 15) is 23.1 Å². The van der Waals surface area contributed by atoms with Gasteiger partial charge in [0, 0.05) is 13.1 Å². The molecule has 7 rings (SSSR count). The molecular weight excluding hydrogens is 655 g/mol. The van der Waals surface area contributed by atoms with E-state index in [-0.39, 0.29) is 44.5 Å². The fraction of sp³-hybridized carbons (Fsp3) is 0.682. The second-order valence-electron chi connectivity index (χ2n) is 19.1. The summed E-state index contributed by atoms with van der Waals surface area (Å²) in [5, 5.41) is 9.49. The topological polar surface area (TPSA) is 91.8 Å². The quantitative estimate of drug-likeness (QED) is 0.234. The summed E-state index contributed by atoms with van der Waals surface area (Å²) in [5.74, 6) is 2.08. The van der Waals surface area contributed by atoms with Crippen molar-refractivity contribution in [2.45, 2.75) is 106 Å². The van der Waals surface area contributed by atoms with E-state index in [2.05, 4.69) is 60.3 Å². The molecule has 7 heteroatoms. The monoisotopic (exact) mass is 715 g/mol. The number of amides is 1. The zero-order valence-corrected chi connectivity index (χ0v) is 32.8. The van der Waals surface area contributed by atoms with Gasteiger partial charge in [-0.25, -0.2) is 13.2 Å². The summed E-state index contributed by atoms with van der Waals surface area (Å²) in [6, 6.07) is 7.52. The van der Waals surface area contributed by atoms with Gasteiger partial charge in [-0.15, -0.1) is 6.58 Å². The summed E-state index contributed by atoms with van der Waals surface area (Å²) in [7, 11) is -3.04. The Kier molecular flexibility index (Phi) is 8.95. The summed E-state index contributed by atoms with van der Waals surface area (Å²) in [6.45, 7) is 20.0. The summed E-state index contributed by atoms with van der Waals surface area (Å²) in [4.78, 5) is 26.8. The highest BCUT2D eigenvalue weighted by Crippen LogP contribution is 2.77. The normalized spacial score (nSPS) is 41.1. The van der Waals surface area contributed by atoms with Crippen LogP contribution in [-0.2, 0) is 14.6 Å². The highest BCUT2D eigenvalue weighted by molar-refractivity contribution is 7.91. The van der Waals surface area contributed by atoms with E-state index in [4.69, 9.17) is 0 Å². The van der Waals surface area contributed by atoms with Crippen LogP contribution in [0.15, 0.2) is 54.6 Å². The summed E-state index contributed by atoms with van der Waals surface area (Å²) in [5.41, 5.74) is 4.71. The van der Waals surface area contributed by atoms with Crippen LogP contribution < -0.4 is 0 Å².